The minimum atomic E-state index is -0.459. The summed E-state index contributed by atoms with van der Waals surface area (Å²) in [6, 6.07) is 15.1. The molecule has 1 aliphatic heterocycles. The van der Waals surface area contributed by atoms with Gasteiger partial charge in [0.1, 0.15) is 0 Å². The van der Waals surface area contributed by atoms with Crippen molar-refractivity contribution in [1.82, 2.24) is 5.32 Å². The number of nitrogens with one attached hydrogen (secondary N) is 2. The average molecular weight is 405 g/mol. The molecule has 0 radical (unpaired) electrons. The largest absolute Gasteiger partial charge is 0.349 e. The number of carbonyl (C=O) groups is 3. The first-order chi connectivity index (χ1) is 14.4. The molecule has 2 aliphatic rings. The summed E-state index contributed by atoms with van der Waals surface area (Å²) in [4.78, 5) is 39.7. The third-order valence-corrected chi connectivity index (χ3v) is 5.69. The minimum absolute atomic E-state index is 0.0594. The van der Waals surface area contributed by atoms with Gasteiger partial charge in [-0.2, -0.15) is 0 Å². The summed E-state index contributed by atoms with van der Waals surface area (Å²) >= 11 is 0. The first-order valence-corrected chi connectivity index (χ1v) is 10.5. The number of amides is 3. The van der Waals surface area contributed by atoms with Gasteiger partial charge in [0.2, 0.25) is 11.8 Å². The van der Waals surface area contributed by atoms with Crippen molar-refractivity contribution in [3.8, 4) is 0 Å². The van der Waals surface area contributed by atoms with E-state index in [0.717, 1.165) is 24.1 Å². The maximum absolute atomic E-state index is 12.9. The second kappa shape index (κ2) is 8.30. The zero-order chi connectivity index (χ0) is 21.3. The number of rotatable bonds is 6. The average Bonchev–Trinajstić information content (AvgIpc) is 3.46. The Morgan fingerprint density at radius 1 is 1.07 bits per heavy atom. The molecule has 1 saturated carbocycles. The molecule has 30 heavy (non-hydrogen) atoms. The molecule has 1 atom stereocenters. The van der Waals surface area contributed by atoms with Gasteiger partial charge < -0.3 is 15.5 Å². The summed E-state index contributed by atoms with van der Waals surface area (Å²) in [5, 5.41) is 5.82. The lowest BCUT2D eigenvalue weighted by molar-refractivity contribution is -0.122. The predicted molar refractivity (Wildman–Crippen MR) is 117 cm³/mol. The van der Waals surface area contributed by atoms with Crippen molar-refractivity contribution in [3.63, 3.8) is 0 Å². The number of anilines is 2. The van der Waals surface area contributed by atoms with E-state index >= 15 is 0 Å². The third-order valence-electron chi connectivity index (χ3n) is 5.69. The Kier molecular flexibility index (Phi) is 5.57. The van der Waals surface area contributed by atoms with E-state index < -0.39 is 5.92 Å². The maximum Gasteiger partial charge on any atom is 0.253 e. The van der Waals surface area contributed by atoms with Crippen LogP contribution >= 0.6 is 0 Å². The van der Waals surface area contributed by atoms with Crippen molar-refractivity contribution in [2.24, 2.45) is 5.92 Å². The van der Waals surface area contributed by atoms with E-state index in [1.807, 2.05) is 24.3 Å². The molecule has 156 valence electrons. The highest BCUT2D eigenvalue weighted by atomic mass is 16.2. The third kappa shape index (κ3) is 4.37. The van der Waals surface area contributed by atoms with Crippen LogP contribution < -0.4 is 15.5 Å². The van der Waals surface area contributed by atoms with Crippen LogP contribution in [0.1, 0.15) is 54.9 Å². The monoisotopic (exact) mass is 405 g/mol. The van der Waals surface area contributed by atoms with Gasteiger partial charge in [-0.3, -0.25) is 14.4 Å². The number of carbonyl (C=O) groups excluding carboxylic acids is 3. The Morgan fingerprint density at radius 2 is 1.83 bits per heavy atom. The van der Waals surface area contributed by atoms with Gasteiger partial charge in [-0.25, -0.2) is 0 Å². The van der Waals surface area contributed by atoms with Crippen LogP contribution in [0.3, 0.4) is 0 Å². The molecule has 0 aromatic heterocycles. The summed E-state index contributed by atoms with van der Waals surface area (Å²) < 4.78 is 0. The Bertz CT molecular complexity index is 981. The Morgan fingerprint density at radius 3 is 2.57 bits per heavy atom. The smallest absolute Gasteiger partial charge is 0.253 e. The van der Waals surface area contributed by atoms with Crippen LogP contribution in [0.4, 0.5) is 11.4 Å². The van der Waals surface area contributed by atoms with Crippen LogP contribution in [0.5, 0.6) is 0 Å². The Labute approximate surface area is 176 Å². The highest BCUT2D eigenvalue weighted by Gasteiger charge is 2.35. The van der Waals surface area contributed by atoms with Gasteiger partial charge in [-0.15, -0.1) is 0 Å². The van der Waals surface area contributed by atoms with Crippen LogP contribution in [0.15, 0.2) is 48.5 Å². The van der Waals surface area contributed by atoms with Gasteiger partial charge in [-0.05, 0) is 48.6 Å². The second-order valence-electron chi connectivity index (χ2n) is 8.44. The first kappa shape index (κ1) is 20.1. The molecule has 1 saturated heterocycles. The van der Waals surface area contributed by atoms with Crippen molar-refractivity contribution in [3.05, 3.63) is 59.7 Å². The van der Waals surface area contributed by atoms with Crippen molar-refractivity contribution in [1.29, 1.82) is 0 Å². The van der Waals surface area contributed by atoms with Gasteiger partial charge in [-0.1, -0.05) is 38.1 Å². The van der Waals surface area contributed by atoms with E-state index in [-0.39, 0.29) is 30.2 Å². The van der Waals surface area contributed by atoms with Crippen LogP contribution in [-0.2, 0) is 9.59 Å². The lowest BCUT2D eigenvalue weighted by atomic mass is 10.0. The summed E-state index contributed by atoms with van der Waals surface area (Å²) in [5.41, 5.74) is 2.91. The molecule has 2 fully saturated rings. The molecule has 0 unspecified atom stereocenters. The van der Waals surface area contributed by atoms with Gasteiger partial charge >= 0.3 is 0 Å². The molecule has 6 nitrogen and oxygen atoms in total. The van der Waals surface area contributed by atoms with Crippen molar-refractivity contribution < 1.29 is 14.4 Å². The minimum Gasteiger partial charge on any atom is -0.349 e. The van der Waals surface area contributed by atoms with Gasteiger partial charge in [0.15, 0.2) is 0 Å². The molecule has 1 heterocycles. The molecular weight excluding hydrogens is 378 g/mol. The van der Waals surface area contributed by atoms with E-state index in [1.165, 1.54) is 0 Å². The van der Waals surface area contributed by atoms with Gasteiger partial charge in [0, 0.05) is 24.7 Å². The van der Waals surface area contributed by atoms with Crippen molar-refractivity contribution >= 4 is 29.1 Å². The summed E-state index contributed by atoms with van der Waals surface area (Å²) in [6.45, 7) is 4.55. The second-order valence-corrected chi connectivity index (χ2v) is 8.44. The topological polar surface area (TPSA) is 78.5 Å². The summed E-state index contributed by atoms with van der Waals surface area (Å²) in [7, 11) is 0. The number of benzene rings is 2. The Balaban J connectivity index is 1.46. The fourth-order valence-electron chi connectivity index (χ4n) is 3.70. The highest BCUT2D eigenvalue weighted by molar-refractivity contribution is 6.07. The molecule has 2 aromatic rings. The maximum atomic E-state index is 12.9. The zero-order valence-corrected chi connectivity index (χ0v) is 17.4. The van der Waals surface area contributed by atoms with E-state index in [4.69, 9.17) is 0 Å². The van der Waals surface area contributed by atoms with E-state index in [2.05, 4.69) is 24.5 Å². The van der Waals surface area contributed by atoms with Crippen LogP contribution in [0, 0.1) is 5.92 Å². The fourth-order valence-corrected chi connectivity index (χ4v) is 3.70. The molecule has 1 aliphatic carbocycles. The van der Waals surface area contributed by atoms with Gasteiger partial charge in [0.05, 0.1) is 17.2 Å². The molecule has 2 aromatic carbocycles. The standard InChI is InChI=1S/C24H27N3O3/c1-15(2)16-6-5-7-19(12-16)27-14-17(13-22(27)28)23(29)26-21-9-4-3-8-20(21)24(30)25-18-10-11-18/h3-9,12,15,17-18H,10-11,13-14H2,1-2H3,(H,25,30)(H,26,29)/t17-/m0/s1. The Hall–Kier alpha value is -3.15. The molecule has 2 N–H and O–H groups in total. The number of hydrogen-bond donors (Lipinski definition) is 2. The van der Waals surface area contributed by atoms with Crippen LogP contribution in [0.2, 0.25) is 0 Å². The number of nitrogens with zero attached hydrogens (tertiary/aromatic N) is 1. The molecular formula is C24H27N3O3. The van der Waals surface area contributed by atoms with E-state index in [9.17, 15) is 14.4 Å². The SMILES string of the molecule is CC(C)c1cccc(N2C[C@@H](C(=O)Nc3ccccc3C(=O)NC3CC3)CC2=O)c1. The number of hydrogen-bond acceptors (Lipinski definition) is 3. The summed E-state index contributed by atoms with van der Waals surface area (Å²) in [5.74, 6) is -0.573. The molecule has 6 heteroatoms. The molecule has 0 bridgehead atoms. The van der Waals surface area contributed by atoms with Crippen LogP contribution in [-0.4, -0.2) is 30.3 Å². The quantitative estimate of drug-likeness (QED) is 0.769. The lowest BCUT2D eigenvalue weighted by Gasteiger charge is -2.19. The normalized spacial score (nSPS) is 18.6. The van der Waals surface area contributed by atoms with E-state index in [0.29, 0.717) is 23.7 Å². The zero-order valence-electron chi connectivity index (χ0n) is 17.4. The fraction of sp³-hybridized carbons (Fsp3) is 0.375. The molecule has 4 rings (SSSR count). The van der Waals surface area contributed by atoms with Crippen molar-refractivity contribution in [2.45, 2.75) is 45.1 Å². The number of para-hydroxylation sites is 1. The molecule has 3 amide bonds. The van der Waals surface area contributed by atoms with Crippen LogP contribution in [0.25, 0.3) is 0 Å². The predicted octanol–water partition coefficient (Wildman–Crippen LogP) is 3.69. The summed E-state index contributed by atoms with van der Waals surface area (Å²) in [6.07, 6.45) is 2.16. The van der Waals surface area contributed by atoms with E-state index in [1.54, 1.807) is 29.2 Å². The van der Waals surface area contributed by atoms with Crippen molar-refractivity contribution in [2.75, 3.05) is 16.8 Å². The first-order valence-electron chi connectivity index (χ1n) is 10.5. The lowest BCUT2D eigenvalue weighted by Crippen LogP contribution is -2.30. The van der Waals surface area contributed by atoms with Gasteiger partial charge in [0.25, 0.3) is 5.91 Å². The molecule has 0 spiro atoms. The highest BCUT2D eigenvalue weighted by Crippen LogP contribution is 2.29.